The summed E-state index contributed by atoms with van der Waals surface area (Å²) in [4.78, 5) is 0. The van der Waals surface area contributed by atoms with Crippen molar-refractivity contribution in [3.05, 3.63) is 34.9 Å². The van der Waals surface area contributed by atoms with Crippen molar-refractivity contribution >= 4 is 0 Å². The molecule has 1 aliphatic carbocycles. The van der Waals surface area contributed by atoms with Crippen LogP contribution in [0.3, 0.4) is 0 Å². The summed E-state index contributed by atoms with van der Waals surface area (Å²) < 4.78 is 0. The number of hydrogen-bond acceptors (Lipinski definition) is 1. The summed E-state index contributed by atoms with van der Waals surface area (Å²) in [6, 6.07) is 7.58. The second-order valence-corrected chi connectivity index (χ2v) is 4.48. The quantitative estimate of drug-likeness (QED) is 0.795. The molecule has 0 amide bonds. The van der Waals surface area contributed by atoms with E-state index in [0.29, 0.717) is 6.04 Å². The van der Waals surface area contributed by atoms with Gasteiger partial charge in [-0.05, 0) is 55.8 Å². The zero-order valence-corrected chi connectivity index (χ0v) is 9.84. The van der Waals surface area contributed by atoms with E-state index in [4.69, 9.17) is 0 Å². The summed E-state index contributed by atoms with van der Waals surface area (Å²) in [6.07, 6.45) is 6.47. The zero-order chi connectivity index (χ0) is 10.7. The molecule has 1 atom stereocenters. The molecule has 1 N–H and O–H groups in total. The summed E-state index contributed by atoms with van der Waals surface area (Å²) in [5, 5.41) is 3.37. The van der Waals surface area contributed by atoms with Gasteiger partial charge < -0.3 is 5.32 Å². The predicted molar refractivity (Wildman–Crippen MR) is 65.2 cm³/mol. The highest BCUT2D eigenvalue weighted by molar-refractivity contribution is 5.35. The Hall–Kier alpha value is -0.820. The molecular weight excluding hydrogens is 182 g/mol. The Morgan fingerprint density at radius 3 is 2.60 bits per heavy atom. The van der Waals surface area contributed by atoms with Gasteiger partial charge in [0.25, 0.3) is 0 Å². The van der Waals surface area contributed by atoms with Crippen LogP contribution >= 0.6 is 0 Å². The highest BCUT2D eigenvalue weighted by Crippen LogP contribution is 2.25. The van der Waals surface area contributed by atoms with Crippen LogP contribution in [0.15, 0.2) is 18.2 Å². The fourth-order valence-corrected chi connectivity index (χ4v) is 2.58. The molecule has 15 heavy (non-hydrogen) atoms. The van der Waals surface area contributed by atoms with E-state index in [1.165, 1.54) is 31.2 Å². The molecule has 2 rings (SSSR count). The summed E-state index contributed by atoms with van der Waals surface area (Å²) in [6.45, 7) is 2.24. The van der Waals surface area contributed by atoms with Gasteiger partial charge >= 0.3 is 0 Å². The van der Waals surface area contributed by atoms with Gasteiger partial charge in [0.15, 0.2) is 0 Å². The first kappa shape index (κ1) is 10.7. The van der Waals surface area contributed by atoms with Gasteiger partial charge in [-0.2, -0.15) is 0 Å². The van der Waals surface area contributed by atoms with Crippen LogP contribution in [0.4, 0.5) is 0 Å². The highest BCUT2D eigenvalue weighted by atomic mass is 14.9. The number of nitrogens with one attached hydrogen (secondary N) is 1. The monoisotopic (exact) mass is 203 g/mol. The normalized spacial score (nSPS) is 17.2. The maximum absolute atomic E-state index is 3.37. The fraction of sp³-hybridized carbons (Fsp3) is 0.571. The zero-order valence-electron chi connectivity index (χ0n) is 9.84. The molecule has 0 heterocycles. The van der Waals surface area contributed by atoms with Gasteiger partial charge in [0.05, 0.1) is 0 Å². The maximum atomic E-state index is 3.37. The molecule has 1 unspecified atom stereocenters. The van der Waals surface area contributed by atoms with Crippen LogP contribution in [0.5, 0.6) is 0 Å². The average Bonchev–Trinajstić information content (AvgIpc) is 2.30. The minimum absolute atomic E-state index is 0.525. The first-order valence-corrected chi connectivity index (χ1v) is 6.14. The van der Waals surface area contributed by atoms with Gasteiger partial charge in [-0.25, -0.2) is 0 Å². The van der Waals surface area contributed by atoms with E-state index in [1.807, 2.05) is 7.05 Å². The Kier molecular flexibility index (Phi) is 3.42. The number of aryl methyl sites for hydroxylation is 2. The lowest BCUT2D eigenvalue weighted by atomic mass is 9.89. The van der Waals surface area contributed by atoms with E-state index >= 15 is 0 Å². The van der Waals surface area contributed by atoms with Gasteiger partial charge in [-0.3, -0.25) is 0 Å². The topological polar surface area (TPSA) is 12.0 Å². The highest BCUT2D eigenvalue weighted by Gasteiger charge is 2.12. The minimum Gasteiger partial charge on any atom is -0.313 e. The molecule has 0 aliphatic heterocycles. The van der Waals surface area contributed by atoms with Gasteiger partial charge in [-0.15, -0.1) is 0 Å². The molecule has 0 aromatic heterocycles. The Bertz CT molecular complexity index is 326. The Balaban J connectivity index is 2.27. The van der Waals surface area contributed by atoms with Crippen molar-refractivity contribution in [1.82, 2.24) is 5.32 Å². The van der Waals surface area contributed by atoms with E-state index < -0.39 is 0 Å². The van der Waals surface area contributed by atoms with Crippen molar-refractivity contribution in [2.75, 3.05) is 7.05 Å². The second-order valence-electron chi connectivity index (χ2n) is 4.48. The van der Waals surface area contributed by atoms with Crippen LogP contribution in [0.1, 0.15) is 48.9 Å². The van der Waals surface area contributed by atoms with Gasteiger partial charge in [0.2, 0.25) is 0 Å². The van der Waals surface area contributed by atoms with Crippen molar-refractivity contribution < 1.29 is 0 Å². The van der Waals surface area contributed by atoms with Crippen molar-refractivity contribution in [3.63, 3.8) is 0 Å². The van der Waals surface area contributed by atoms with Gasteiger partial charge in [0, 0.05) is 6.04 Å². The van der Waals surface area contributed by atoms with E-state index in [1.54, 1.807) is 11.1 Å². The van der Waals surface area contributed by atoms with Crippen LogP contribution in [-0.4, -0.2) is 7.05 Å². The third kappa shape index (κ3) is 2.23. The molecule has 1 aromatic carbocycles. The molecule has 0 radical (unpaired) electrons. The molecule has 0 fully saturated rings. The van der Waals surface area contributed by atoms with E-state index in [9.17, 15) is 0 Å². The molecular formula is C14H21N. The van der Waals surface area contributed by atoms with Crippen LogP contribution in [0, 0.1) is 0 Å². The second kappa shape index (κ2) is 4.80. The van der Waals surface area contributed by atoms with Crippen molar-refractivity contribution in [2.24, 2.45) is 0 Å². The molecule has 1 heteroatoms. The fourth-order valence-electron chi connectivity index (χ4n) is 2.58. The van der Waals surface area contributed by atoms with Gasteiger partial charge in [0.1, 0.15) is 0 Å². The molecule has 0 bridgehead atoms. The lowest BCUT2D eigenvalue weighted by molar-refractivity contribution is 0.574. The van der Waals surface area contributed by atoms with E-state index in [-0.39, 0.29) is 0 Å². The Morgan fingerprint density at radius 2 is 1.93 bits per heavy atom. The first-order chi connectivity index (χ1) is 7.35. The minimum atomic E-state index is 0.525. The molecule has 82 valence electrons. The lowest BCUT2D eigenvalue weighted by Gasteiger charge is -2.20. The van der Waals surface area contributed by atoms with Crippen LogP contribution in [-0.2, 0) is 12.8 Å². The first-order valence-electron chi connectivity index (χ1n) is 6.14. The number of rotatable bonds is 3. The smallest absolute Gasteiger partial charge is 0.0314 e. The summed E-state index contributed by atoms with van der Waals surface area (Å²) in [5.41, 5.74) is 4.63. The van der Waals surface area contributed by atoms with Crippen molar-refractivity contribution in [3.8, 4) is 0 Å². The summed E-state index contributed by atoms with van der Waals surface area (Å²) >= 11 is 0. The molecule has 0 saturated heterocycles. The third-order valence-electron chi connectivity index (χ3n) is 3.53. The number of benzene rings is 1. The number of fused-ring (bicyclic) bond motifs is 1. The average molecular weight is 203 g/mol. The molecule has 1 aromatic rings. The van der Waals surface area contributed by atoms with Crippen molar-refractivity contribution in [2.45, 2.75) is 45.1 Å². The van der Waals surface area contributed by atoms with Crippen LogP contribution < -0.4 is 5.32 Å². The molecule has 0 saturated carbocycles. The third-order valence-corrected chi connectivity index (χ3v) is 3.53. The van der Waals surface area contributed by atoms with Crippen LogP contribution in [0.25, 0.3) is 0 Å². The largest absolute Gasteiger partial charge is 0.313 e. The van der Waals surface area contributed by atoms with E-state index in [0.717, 1.165) is 6.42 Å². The SMILES string of the molecule is CCC(NC)c1ccc2c(c1)CCCC2. The maximum Gasteiger partial charge on any atom is 0.0314 e. The molecule has 1 aliphatic rings. The number of hydrogen-bond donors (Lipinski definition) is 1. The lowest BCUT2D eigenvalue weighted by Crippen LogP contribution is -2.16. The van der Waals surface area contributed by atoms with E-state index in [2.05, 4.69) is 30.4 Å². The predicted octanol–water partition coefficient (Wildman–Crippen LogP) is 3.24. The molecule has 1 nitrogen and oxygen atoms in total. The Labute approximate surface area is 92.9 Å². The van der Waals surface area contributed by atoms with Crippen molar-refractivity contribution in [1.29, 1.82) is 0 Å². The van der Waals surface area contributed by atoms with Crippen LogP contribution in [0.2, 0.25) is 0 Å². The Morgan fingerprint density at radius 1 is 1.20 bits per heavy atom. The standard InChI is InChI=1S/C14H21N/c1-3-14(15-2)13-9-8-11-6-4-5-7-12(11)10-13/h8-10,14-15H,3-7H2,1-2H3. The molecule has 0 spiro atoms. The summed E-state index contributed by atoms with van der Waals surface area (Å²) in [5.74, 6) is 0. The summed E-state index contributed by atoms with van der Waals surface area (Å²) in [7, 11) is 2.05. The van der Waals surface area contributed by atoms with Gasteiger partial charge in [-0.1, -0.05) is 25.1 Å².